The standard InChI is InChI=1S/C13H18N2O4S/c1-19-12-5-3-2-4-10(12)8-14-13(16)15-11-6-7-20(17,18)9-11/h2-5,11H,6-9H2,1H3,(H2,14,15,16). The highest BCUT2D eigenvalue weighted by Gasteiger charge is 2.28. The summed E-state index contributed by atoms with van der Waals surface area (Å²) >= 11 is 0. The number of hydrogen-bond donors (Lipinski definition) is 2. The van der Waals surface area contributed by atoms with Crippen molar-refractivity contribution in [1.82, 2.24) is 10.6 Å². The molecule has 1 aromatic rings. The van der Waals surface area contributed by atoms with Gasteiger partial charge in [-0.15, -0.1) is 0 Å². The molecule has 1 heterocycles. The maximum atomic E-state index is 11.7. The monoisotopic (exact) mass is 298 g/mol. The number of urea groups is 1. The van der Waals surface area contributed by atoms with Crippen LogP contribution in [-0.4, -0.2) is 39.1 Å². The largest absolute Gasteiger partial charge is 0.496 e. The van der Waals surface area contributed by atoms with Crippen molar-refractivity contribution >= 4 is 15.9 Å². The Kier molecular flexibility index (Phi) is 4.49. The maximum Gasteiger partial charge on any atom is 0.315 e. The average molecular weight is 298 g/mol. The summed E-state index contributed by atoms with van der Waals surface area (Å²) in [6, 6.07) is 6.74. The molecule has 0 aliphatic carbocycles. The Hall–Kier alpha value is -1.76. The molecular formula is C13H18N2O4S. The van der Waals surface area contributed by atoms with Crippen LogP contribution in [0.15, 0.2) is 24.3 Å². The quantitative estimate of drug-likeness (QED) is 0.856. The smallest absolute Gasteiger partial charge is 0.315 e. The third-order valence-corrected chi connectivity index (χ3v) is 4.97. The van der Waals surface area contributed by atoms with E-state index in [1.807, 2.05) is 24.3 Å². The number of hydrogen-bond acceptors (Lipinski definition) is 4. The highest BCUT2D eigenvalue weighted by Crippen LogP contribution is 2.16. The summed E-state index contributed by atoms with van der Waals surface area (Å²) in [5.41, 5.74) is 0.865. The molecule has 1 unspecified atom stereocenters. The number of sulfone groups is 1. The third-order valence-electron chi connectivity index (χ3n) is 3.20. The minimum absolute atomic E-state index is 0.0229. The Labute approximate surface area is 118 Å². The number of ether oxygens (including phenoxy) is 1. The van der Waals surface area contributed by atoms with Crippen molar-refractivity contribution in [3.63, 3.8) is 0 Å². The number of carbonyl (C=O) groups excluding carboxylic acids is 1. The minimum atomic E-state index is -2.98. The second-order valence-electron chi connectivity index (χ2n) is 4.74. The number of methoxy groups -OCH3 is 1. The van der Waals surface area contributed by atoms with Gasteiger partial charge in [0.25, 0.3) is 0 Å². The lowest BCUT2D eigenvalue weighted by Gasteiger charge is -2.13. The first-order chi connectivity index (χ1) is 9.50. The molecule has 1 atom stereocenters. The van der Waals surface area contributed by atoms with E-state index in [1.165, 1.54) is 0 Å². The molecule has 1 fully saturated rings. The molecular weight excluding hydrogens is 280 g/mol. The van der Waals surface area contributed by atoms with Crippen molar-refractivity contribution in [3.8, 4) is 5.75 Å². The van der Waals surface area contributed by atoms with Crippen LogP contribution < -0.4 is 15.4 Å². The second kappa shape index (κ2) is 6.13. The second-order valence-corrected chi connectivity index (χ2v) is 6.97. The number of benzene rings is 1. The molecule has 2 N–H and O–H groups in total. The molecule has 2 rings (SSSR count). The van der Waals surface area contributed by atoms with E-state index in [9.17, 15) is 13.2 Å². The van der Waals surface area contributed by atoms with Crippen LogP contribution >= 0.6 is 0 Å². The topological polar surface area (TPSA) is 84.5 Å². The molecule has 0 aromatic heterocycles. The number of para-hydroxylation sites is 1. The summed E-state index contributed by atoms with van der Waals surface area (Å²) in [6.45, 7) is 0.329. The number of amides is 2. The predicted octanol–water partition coefficient (Wildman–Crippen LogP) is 0.681. The molecule has 20 heavy (non-hydrogen) atoms. The molecule has 1 saturated heterocycles. The summed E-state index contributed by atoms with van der Waals surface area (Å²) in [5.74, 6) is 0.871. The van der Waals surface area contributed by atoms with E-state index in [1.54, 1.807) is 7.11 Å². The van der Waals surface area contributed by atoms with E-state index in [4.69, 9.17) is 4.74 Å². The summed E-state index contributed by atoms with van der Waals surface area (Å²) in [6.07, 6.45) is 0.477. The highest BCUT2D eigenvalue weighted by molar-refractivity contribution is 7.91. The molecule has 6 nitrogen and oxygen atoms in total. The fourth-order valence-electron chi connectivity index (χ4n) is 2.17. The Morgan fingerprint density at radius 2 is 2.15 bits per heavy atom. The first kappa shape index (κ1) is 14.6. The Bertz CT molecular complexity index is 586. The van der Waals surface area contributed by atoms with Gasteiger partial charge in [0.05, 0.1) is 18.6 Å². The zero-order chi connectivity index (χ0) is 14.6. The lowest BCUT2D eigenvalue weighted by Crippen LogP contribution is -2.42. The van der Waals surface area contributed by atoms with E-state index in [-0.39, 0.29) is 23.6 Å². The molecule has 0 bridgehead atoms. The van der Waals surface area contributed by atoms with Crippen LogP contribution in [0.2, 0.25) is 0 Å². The molecule has 0 spiro atoms. The fraction of sp³-hybridized carbons (Fsp3) is 0.462. The molecule has 1 aliphatic rings. The number of carbonyl (C=O) groups is 1. The van der Waals surface area contributed by atoms with Crippen LogP contribution in [0.4, 0.5) is 4.79 Å². The van der Waals surface area contributed by atoms with Crippen LogP contribution in [0.5, 0.6) is 5.75 Å². The van der Waals surface area contributed by atoms with Gasteiger partial charge < -0.3 is 15.4 Å². The highest BCUT2D eigenvalue weighted by atomic mass is 32.2. The van der Waals surface area contributed by atoms with Crippen molar-refractivity contribution < 1.29 is 17.9 Å². The van der Waals surface area contributed by atoms with E-state index >= 15 is 0 Å². The summed E-state index contributed by atoms with van der Waals surface area (Å²) in [7, 11) is -1.41. The van der Waals surface area contributed by atoms with Gasteiger partial charge in [-0.3, -0.25) is 0 Å². The van der Waals surface area contributed by atoms with Crippen molar-refractivity contribution in [2.45, 2.75) is 19.0 Å². The lowest BCUT2D eigenvalue weighted by molar-refractivity contribution is 0.237. The van der Waals surface area contributed by atoms with E-state index < -0.39 is 9.84 Å². The van der Waals surface area contributed by atoms with Crippen LogP contribution in [-0.2, 0) is 16.4 Å². The zero-order valence-corrected chi connectivity index (χ0v) is 12.1. The van der Waals surface area contributed by atoms with Gasteiger partial charge in [-0.2, -0.15) is 0 Å². The minimum Gasteiger partial charge on any atom is -0.496 e. The predicted molar refractivity (Wildman–Crippen MR) is 75.4 cm³/mol. The van der Waals surface area contributed by atoms with E-state index in [0.717, 1.165) is 5.56 Å². The lowest BCUT2D eigenvalue weighted by atomic mass is 10.2. The molecule has 7 heteroatoms. The van der Waals surface area contributed by atoms with E-state index in [0.29, 0.717) is 18.7 Å². The van der Waals surface area contributed by atoms with Gasteiger partial charge in [-0.25, -0.2) is 13.2 Å². The van der Waals surface area contributed by atoms with Gasteiger partial charge in [0, 0.05) is 18.2 Å². The van der Waals surface area contributed by atoms with Crippen LogP contribution in [0.3, 0.4) is 0 Å². The first-order valence-electron chi connectivity index (χ1n) is 6.37. The summed E-state index contributed by atoms with van der Waals surface area (Å²) < 4.78 is 27.8. The zero-order valence-electron chi connectivity index (χ0n) is 11.3. The van der Waals surface area contributed by atoms with E-state index in [2.05, 4.69) is 10.6 Å². The Balaban J connectivity index is 1.84. The normalized spacial score (nSPS) is 20.4. The molecule has 0 radical (unpaired) electrons. The van der Waals surface area contributed by atoms with Crippen molar-refractivity contribution in [3.05, 3.63) is 29.8 Å². The molecule has 0 saturated carbocycles. The molecule has 1 aromatic carbocycles. The maximum absolute atomic E-state index is 11.7. The van der Waals surface area contributed by atoms with Crippen molar-refractivity contribution in [2.75, 3.05) is 18.6 Å². The summed E-state index contributed by atoms with van der Waals surface area (Å²) in [4.78, 5) is 11.7. The Morgan fingerprint density at radius 1 is 1.40 bits per heavy atom. The Morgan fingerprint density at radius 3 is 2.80 bits per heavy atom. The van der Waals surface area contributed by atoms with Crippen molar-refractivity contribution in [2.24, 2.45) is 0 Å². The van der Waals surface area contributed by atoms with Gasteiger partial charge in [-0.05, 0) is 12.5 Å². The van der Waals surface area contributed by atoms with Gasteiger partial charge in [0.15, 0.2) is 9.84 Å². The van der Waals surface area contributed by atoms with Crippen molar-refractivity contribution in [1.29, 1.82) is 0 Å². The van der Waals surface area contributed by atoms with Crippen LogP contribution in [0, 0.1) is 0 Å². The van der Waals surface area contributed by atoms with Gasteiger partial charge in [0.2, 0.25) is 0 Å². The average Bonchev–Trinajstić information content (AvgIpc) is 2.76. The third kappa shape index (κ3) is 3.86. The van der Waals surface area contributed by atoms with Crippen LogP contribution in [0.25, 0.3) is 0 Å². The molecule has 110 valence electrons. The van der Waals surface area contributed by atoms with Crippen LogP contribution in [0.1, 0.15) is 12.0 Å². The molecule has 2 amide bonds. The first-order valence-corrected chi connectivity index (χ1v) is 8.19. The number of nitrogens with one attached hydrogen (secondary N) is 2. The number of rotatable bonds is 4. The van der Waals surface area contributed by atoms with Gasteiger partial charge in [-0.1, -0.05) is 18.2 Å². The SMILES string of the molecule is COc1ccccc1CNC(=O)NC1CCS(=O)(=O)C1. The van der Waals surface area contributed by atoms with Gasteiger partial charge >= 0.3 is 6.03 Å². The summed E-state index contributed by atoms with van der Waals surface area (Å²) in [5, 5.41) is 5.38. The fourth-order valence-corrected chi connectivity index (χ4v) is 3.84. The van der Waals surface area contributed by atoms with Gasteiger partial charge in [0.1, 0.15) is 5.75 Å². The molecule has 1 aliphatic heterocycles.